The fraction of sp³-hybridized carbons (Fsp3) is 0.238. The molecule has 26 heavy (non-hydrogen) atoms. The highest BCUT2D eigenvalue weighted by Crippen LogP contribution is 2.17. The SMILES string of the molecule is Cc1ccc(C(=O)N/C(=C\c2cccc(Br)c2)C(=O)N2CCCC2)cc1. The van der Waals surface area contributed by atoms with Crippen LogP contribution < -0.4 is 5.32 Å². The van der Waals surface area contributed by atoms with Crippen molar-refractivity contribution >= 4 is 33.8 Å². The van der Waals surface area contributed by atoms with Gasteiger partial charge in [0.05, 0.1) is 0 Å². The Morgan fingerprint density at radius 3 is 2.42 bits per heavy atom. The highest BCUT2D eigenvalue weighted by Gasteiger charge is 2.23. The Kier molecular flexibility index (Phi) is 5.89. The van der Waals surface area contributed by atoms with Crippen LogP contribution in [0.1, 0.15) is 34.3 Å². The van der Waals surface area contributed by atoms with Gasteiger partial charge in [-0.15, -0.1) is 0 Å². The lowest BCUT2D eigenvalue weighted by atomic mass is 10.1. The molecule has 1 aliphatic heterocycles. The number of amides is 2. The summed E-state index contributed by atoms with van der Waals surface area (Å²) in [6, 6.07) is 14.9. The molecule has 0 unspecified atom stereocenters. The van der Waals surface area contributed by atoms with E-state index in [9.17, 15) is 9.59 Å². The molecule has 0 radical (unpaired) electrons. The fourth-order valence-electron chi connectivity index (χ4n) is 2.90. The Labute approximate surface area is 162 Å². The molecule has 0 atom stereocenters. The molecular formula is C21H21BrN2O2. The molecule has 0 bridgehead atoms. The molecule has 0 saturated carbocycles. The number of likely N-dealkylation sites (tertiary alicyclic amines) is 1. The molecule has 1 saturated heterocycles. The highest BCUT2D eigenvalue weighted by atomic mass is 79.9. The number of benzene rings is 2. The third kappa shape index (κ3) is 4.61. The number of halogens is 1. The smallest absolute Gasteiger partial charge is 0.270 e. The van der Waals surface area contributed by atoms with Gasteiger partial charge in [0.2, 0.25) is 0 Å². The Hall–Kier alpha value is -2.40. The molecule has 2 aromatic carbocycles. The van der Waals surface area contributed by atoms with E-state index in [1.54, 1.807) is 23.1 Å². The van der Waals surface area contributed by atoms with Crippen LogP contribution in [0.3, 0.4) is 0 Å². The summed E-state index contributed by atoms with van der Waals surface area (Å²) in [4.78, 5) is 27.3. The van der Waals surface area contributed by atoms with Crippen LogP contribution in [-0.2, 0) is 4.79 Å². The molecule has 0 aliphatic carbocycles. The lowest BCUT2D eigenvalue weighted by Crippen LogP contribution is -2.36. The average molecular weight is 413 g/mol. The summed E-state index contributed by atoms with van der Waals surface area (Å²) in [6.45, 7) is 3.43. The van der Waals surface area contributed by atoms with Gasteiger partial charge in [-0.25, -0.2) is 0 Å². The van der Waals surface area contributed by atoms with Gasteiger partial charge in [-0.1, -0.05) is 45.8 Å². The van der Waals surface area contributed by atoms with E-state index < -0.39 is 0 Å². The summed E-state index contributed by atoms with van der Waals surface area (Å²) < 4.78 is 0.920. The van der Waals surface area contributed by atoms with Crippen LogP contribution in [0.15, 0.2) is 58.7 Å². The average Bonchev–Trinajstić information content (AvgIpc) is 3.16. The van der Waals surface area contributed by atoms with Crippen molar-refractivity contribution < 1.29 is 9.59 Å². The maximum absolute atomic E-state index is 12.9. The van der Waals surface area contributed by atoms with Gasteiger partial charge in [-0.2, -0.15) is 0 Å². The Bertz CT molecular complexity index is 837. The monoisotopic (exact) mass is 412 g/mol. The van der Waals surface area contributed by atoms with Crippen LogP contribution in [0.4, 0.5) is 0 Å². The zero-order chi connectivity index (χ0) is 18.5. The molecule has 3 rings (SSSR count). The predicted molar refractivity (Wildman–Crippen MR) is 107 cm³/mol. The first kappa shape index (κ1) is 18.4. The number of rotatable bonds is 4. The molecular weight excluding hydrogens is 392 g/mol. The van der Waals surface area contributed by atoms with Gasteiger partial charge in [-0.05, 0) is 55.7 Å². The third-order valence-corrected chi connectivity index (χ3v) is 4.84. The van der Waals surface area contributed by atoms with Gasteiger partial charge < -0.3 is 10.2 Å². The van der Waals surface area contributed by atoms with E-state index in [4.69, 9.17) is 0 Å². The molecule has 4 nitrogen and oxygen atoms in total. The molecule has 5 heteroatoms. The van der Waals surface area contributed by atoms with Crippen LogP contribution in [0, 0.1) is 6.92 Å². The van der Waals surface area contributed by atoms with Crippen LogP contribution in [0.25, 0.3) is 6.08 Å². The standard InChI is InChI=1S/C21H21BrN2O2/c1-15-7-9-17(10-8-15)20(25)23-19(21(26)24-11-2-3-12-24)14-16-5-4-6-18(22)13-16/h4-10,13-14H,2-3,11-12H2,1H3,(H,23,25)/b19-14-. The van der Waals surface area contributed by atoms with Crippen molar-refractivity contribution in [2.75, 3.05) is 13.1 Å². The van der Waals surface area contributed by atoms with E-state index in [0.717, 1.165) is 41.5 Å². The molecule has 0 spiro atoms. The van der Waals surface area contributed by atoms with Crippen molar-refractivity contribution in [3.8, 4) is 0 Å². The van der Waals surface area contributed by atoms with E-state index in [-0.39, 0.29) is 11.8 Å². The summed E-state index contributed by atoms with van der Waals surface area (Å²) in [5, 5.41) is 2.81. The van der Waals surface area contributed by atoms with Crippen molar-refractivity contribution in [3.63, 3.8) is 0 Å². The second-order valence-corrected chi connectivity index (χ2v) is 7.35. The topological polar surface area (TPSA) is 49.4 Å². The Balaban J connectivity index is 1.88. The lowest BCUT2D eigenvalue weighted by Gasteiger charge is -2.18. The minimum absolute atomic E-state index is 0.136. The molecule has 0 aromatic heterocycles. The zero-order valence-electron chi connectivity index (χ0n) is 14.7. The second kappa shape index (κ2) is 8.32. The summed E-state index contributed by atoms with van der Waals surface area (Å²) in [5.41, 5.74) is 2.77. The first-order valence-electron chi connectivity index (χ1n) is 8.67. The molecule has 1 N–H and O–H groups in total. The van der Waals surface area contributed by atoms with E-state index in [1.165, 1.54) is 0 Å². The molecule has 1 aliphatic rings. The summed E-state index contributed by atoms with van der Waals surface area (Å²) in [5.74, 6) is -0.415. The van der Waals surface area contributed by atoms with E-state index in [0.29, 0.717) is 11.3 Å². The van der Waals surface area contributed by atoms with Crippen LogP contribution in [0.5, 0.6) is 0 Å². The van der Waals surface area contributed by atoms with Crippen LogP contribution >= 0.6 is 15.9 Å². The van der Waals surface area contributed by atoms with Gasteiger partial charge in [-0.3, -0.25) is 9.59 Å². The highest BCUT2D eigenvalue weighted by molar-refractivity contribution is 9.10. The summed E-state index contributed by atoms with van der Waals surface area (Å²) in [7, 11) is 0. The fourth-order valence-corrected chi connectivity index (χ4v) is 3.32. The van der Waals surface area contributed by atoms with E-state index in [1.807, 2.05) is 43.3 Å². The predicted octanol–water partition coefficient (Wildman–Crippen LogP) is 4.15. The maximum atomic E-state index is 12.9. The quantitative estimate of drug-likeness (QED) is 0.766. The number of hydrogen-bond acceptors (Lipinski definition) is 2. The first-order valence-corrected chi connectivity index (χ1v) is 9.47. The van der Waals surface area contributed by atoms with Crippen molar-refractivity contribution in [1.29, 1.82) is 0 Å². The number of nitrogens with one attached hydrogen (secondary N) is 1. The molecule has 2 aromatic rings. The van der Waals surface area contributed by atoms with Crippen LogP contribution in [0.2, 0.25) is 0 Å². The number of aryl methyl sites for hydroxylation is 1. The molecule has 134 valence electrons. The number of hydrogen-bond donors (Lipinski definition) is 1. The van der Waals surface area contributed by atoms with Gasteiger partial charge >= 0.3 is 0 Å². The normalized spacial score (nSPS) is 14.4. The van der Waals surface area contributed by atoms with Crippen molar-refractivity contribution in [3.05, 3.63) is 75.4 Å². The third-order valence-electron chi connectivity index (χ3n) is 4.35. The molecule has 2 amide bonds. The van der Waals surface area contributed by atoms with Crippen LogP contribution in [-0.4, -0.2) is 29.8 Å². The minimum atomic E-state index is -0.279. The van der Waals surface area contributed by atoms with E-state index >= 15 is 0 Å². The maximum Gasteiger partial charge on any atom is 0.270 e. The summed E-state index contributed by atoms with van der Waals surface area (Å²) in [6.07, 6.45) is 3.74. The van der Waals surface area contributed by atoms with Gasteiger partial charge in [0.1, 0.15) is 5.70 Å². The number of nitrogens with zero attached hydrogens (tertiary/aromatic N) is 1. The van der Waals surface area contributed by atoms with E-state index in [2.05, 4.69) is 21.2 Å². The van der Waals surface area contributed by atoms with Crippen molar-refractivity contribution in [2.24, 2.45) is 0 Å². The Morgan fingerprint density at radius 2 is 1.77 bits per heavy atom. The summed E-state index contributed by atoms with van der Waals surface area (Å²) >= 11 is 3.44. The first-order chi connectivity index (χ1) is 12.5. The van der Waals surface area contributed by atoms with Gasteiger partial charge in [0.25, 0.3) is 11.8 Å². The number of carbonyl (C=O) groups is 2. The number of carbonyl (C=O) groups excluding carboxylic acids is 2. The Morgan fingerprint density at radius 1 is 1.08 bits per heavy atom. The zero-order valence-corrected chi connectivity index (χ0v) is 16.3. The van der Waals surface area contributed by atoms with Gasteiger partial charge in [0.15, 0.2) is 0 Å². The largest absolute Gasteiger partial charge is 0.337 e. The molecule has 1 heterocycles. The van der Waals surface area contributed by atoms with Gasteiger partial charge in [0, 0.05) is 23.1 Å². The second-order valence-electron chi connectivity index (χ2n) is 6.43. The minimum Gasteiger partial charge on any atom is -0.337 e. The van der Waals surface area contributed by atoms with Crippen molar-refractivity contribution in [2.45, 2.75) is 19.8 Å². The molecule has 1 fully saturated rings. The lowest BCUT2D eigenvalue weighted by molar-refractivity contribution is -0.126. The van der Waals surface area contributed by atoms with Crippen molar-refractivity contribution in [1.82, 2.24) is 10.2 Å².